The van der Waals surface area contributed by atoms with Crippen molar-refractivity contribution in [3.05, 3.63) is 33.9 Å². The van der Waals surface area contributed by atoms with Gasteiger partial charge in [-0.2, -0.15) is 0 Å². The van der Waals surface area contributed by atoms with E-state index in [1.807, 2.05) is 13.0 Å². The van der Waals surface area contributed by atoms with Gasteiger partial charge in [0.1, 0.15) is 5.69 Å². The molecule has 0 saturated heterocycles. The summed E-state index contributed by atoms with van der Waals surface area (Å²) < 4.78 is 0. The van der Waals surface area contributed by atoms with E-state index in [0.29, 0.717) is 18.7 Å². The van der Waals surface area contributed by atoms with Gasteiger partial charge in [-0.15, -0.1) is 0 Å². The summed E-state index contributed by atoms with van der Waals surface area (Å²) in [6.45, 7) is 2.74. The number of benzene rings is 1. The Bertz CT molecular complexity index is 424. The third-order valence-electron chi connectivity index (χ3n) is 3.09. The number of nitro groups is 1. The highest BCUT2D eigenvalue weighted by Crippen LogP contribution is 2.25. The Labute approximate surface area is 113 Å². The molecule has 1 unspecified atom stereocenters. The molecule has 19 heavy (non-hydrogen) atoms. The summed E-state index contributed by atoms with van der Waals surface area (Å²) in [5.74, 6) is 0. The van der Waals surface area contributed by atoms with Crippen LogP contribution in [0.15, 0.2) is 18.2 Å². The summed E-state index contributed by atoms with van der Waals surface area (Å²) >= 11 is 0. The third kappa shape index (κ3) is 4.50. The number of nitrogens with one attached hydrogen (secondary N) is 2. The van der Waals surface area contributed by atoms with Gasteiger partial charge in [-0.1, -0.05) is 13.0 Å². The number of nitro benzene ring substituents is 1. The molecule has 0 spiro atoms. The molecule has 0 heterocycles. The molecule has 6 nitrogen and oxygen atoms in total. The lowest BCUT2D eigenvalue weighted by Gasteiger charge is -2.15. The number of anilines is 1. The summed E-state index contributed by atoms with van der Waals surface area (Å²) in [5, 5.41) is 25.9. The first kappa shape index (κ1) is 15.4. The number of rotatable bonds is 8. The maximum atomic E-state index is 10.9. The minimum atomic E-state index is -0.389. The van der Waals surface area contributed by atoms with Crippen LogP contribution in [0.25, 0.3) is 0 Å². The number of aliphatic hydroxyl groups excluding tert-OH is 1. The minimum absolute atomic E-state index is 0.0806. The average molecular weight is 267 g/mol. The maximum absolute atomic E-state index is 10.9. The van der Waals surface area contributed by atoms with Gasteiger partial charge in [0.05, 0.1) is 4.92 Å². The summed E-state index contributed by atoms with van der Waals surface area (Å²) in [5.41, 5.74) is 1.45. The third-order valence-corrected chi connectivity index (χ3v) is 3.09. The SMILES string of the molecule is CCC(CCO)NCc1ccc(NC)c([N+](=O)[O-])c1. The number of aliphatic hydroxyl groups is 1. The molecule has 0 radical (unpaired) electrons. The summed E-state index contributed by atoms with van der Waals surface area (Å²) in [6.07, 6.45) is 1.60. The lowest BCUT2D eigenvalue weighted by molar-refractivity contribution is -0.384. The van der Waals surface area contributed by atoms with Crippen LogP contribution in [-0.2, 0) is 6.54 Å². The highest BCUT2D eigenvalue weighted by Gasteiger charge is 2.13. The van der Waals surface area contributed by atoms with E-state index in [4.69, 9.17) is 5.11 Å². The topological polar surface area (TPSA) is 87.4 Å². The van der Waals surface area contributed by atoms with E-state index in [9.17, 15) is 10.1 Å². The molecular formula is C13H21N3O3. The lowest BCUT2D eigenvalue weighted by Crippen LogP contribution is -2.28. The Hall–Kier alpha value is -1.66. The number of hydrogen-bond acceptors (Lipinski definition) is 5. The second-order valence-electron chi connectivity index (χ2n) is 4.36. The van der Waals surface area contributed by atoms with Crippen LogP contribution in [0.4, 0.5) is 11.4 Å². The fraction of sp³-hybridized carbons (Fsp3) is 0.538. The zero-order valence-corrected chi connectivity index (χ0v) is 11.3. The molecule has 0 amide bonds. The van der Waals surface area contributed by atoms with Crippen LogP contribution in [0.5, 0.6) is 0 Å². The van der Waals surface area contributed by atoms with Gasteiger partial charge in [-0.25, -0.2) is 0 Å². The van der Waals surface area contributed by atoms with Crippen molar-refractivity contribution in [1.29, 1.82) is 0 Å². The van der Waals surface area contributed by atoms with Crippen LogP contribution in [0.3, 0.4) is 0 Å². The molecule has 0 saturated carbocycles. The van der Waals surface area contributed by atoms with Crippen molar-refractivity contribution in [3.8, 4) is 0 Å². The fourth-order valence-corrected chi connectivity index (χ4v) is 1.92. The van der Waals surface area contributed by atoms with Gasteiger partial charge >= 0.3 is 0 Å². The monoisotopic (exact) mass is 267 g/mol. The molecule has 1 rings (SSSR count). The first-order valence-electron chi connectivity index (χ1n) is 6.41. The van der Waals surface area contributed by atoms with Crippen molar-refractivity contribution in [1.82, 2.24) is 5.32 Å². The van der Waals surface area contributed by atoms with Crippen LogP contribution >= 0.6 is 0 Å². The predicted octanol–water partition coefficient (Wildman–Crippen LogP) is 1.89. The van der Waals surface area contributed by atoms with Gasteiger partial charge in [0.2, 0.25) is 0 Å². The van der Waals surface area contributed by atoms with Crippen LogP contribution < -0.4 is 10.6 Å². The Kier molecular flexibility index (Phi) is 6.24. The molecule has 3 N–H and O–H groups in total. The molecule has 1 atom stereocenters. The predicted molar refractivity (Wildman–Crippen MR) is 75.3 cm³/mol. The second kappa shape index (κ2) is 7.70. The highest BCUT2D eigenvalue weighted by molar-refractivity contribution is 5.62. The van der Waals surface area contributed by atoms with Gasteiger partial charge in [0, 0.05) is 32.3 Å². The highest BCUT2D eigenvalue weighted by atomic mass is 16.6. The van der Waals surface area contributed by atoms with E-state index in [1.165, 1.54) is 0 Å². The first-order valence-corrected chi connectivity index (χ1v) is 6.41. The second-order valence-corrected chi connectivity index (χ2v) is 4.36. The molecule has 0 bridgehead atoms. The maximum Gasteiger partial charge on any atom is 0.292 e. The Morgan fingerprint density at radius 3 is 2.74 bits per heavy atom. The Balaban J connectivity index is 2.74. The van der Waals surface area contributed by atoms with Gasteiger partial charge in [0.25, 0.3) is 5.69 Å². The van der Waals surface area contributed by atoms with Crippen molar-refractivity contribution in [2.75, 3.05) is 19.0 Å². The van der Waals surface area contributed by atoms with E-state index < -0.39 is 0 Å². The molecule has 1 aromatic rings. The van der Waals surface area contributed by atoms with E-state index in [0.717, 1.165) is 12.0 Å². The zero-order valence-electron chi connectivity index (χ0n) is 11.3. The molecule has 1 aromatic carbocycles. The van der Waals surface area contributed by atoms with Gasteiger partial charge in [-0.05, 0) is 24.5 Å². The van der Waals surface area contributed by atoms with Crippen LogP contribution in [0, 0.1) is 10.1 Å². The number of hydrogen-bond donors (Lipinski definition) is 3. The largest absolute Gasteiger partial charge is 0.396 e. The molecule has 6 heteroatoms. The zero-order chi connectivity index (χ0) is 14.3. The minimum Gasteiger partial charge on any atom is -0.396 e. The average Bonchev–Trinajstić information content (AvgIpc) is 2.43. The normalized spacial score (nSPS) is 12.2. The standard InChI is InChI=1S/C13H21N3O3/c1-3-11(6-7-17)15-9-10-4-5-12(14-2)13(8-10)16(18)19/h4-5,8,11,14-15,17H,3,6-7,9H2,1-2H3. The summed E-state index contributed by atoms with van der Waals surface area (Å²) in [7, 11) is 1.66. The first-order chi connectivity index (χ1) is 9.12. The Morgan fingerprint density at radius 2 is 2.21 bits per heavy atom. The van der Waals surface area contributed by atoms with Crippen molar-refractivity contribution >= 4 is 11.4 Å². The molecule has 0 aliphatic heterocycles. The van der Waals surface area contributed by atoms with Crippen molar-refractivity contribution in [2.45, 2.75) is 32.4 Å². The van der Waals surface area contributed by atoms with E-state index >= 15 is 0 Å². The Morgan fingerprint density at radius 1 is 1.47 bits per heavy atom. The fourth-order valence-electron chi connectivity index (χ4n) is 1.92. The van der Waals surface area contributed by atoms with Crippen LogP contribution in [0.2, 0.25) is 0 Å². The van der Waals surface area contributed by atoms with E-state index in [1.54, 1.807) is 19.2 Å². The van der Waals surface area contributed by atoms with E-state index in [-0.39, 0.29) is 23.3 Å². The molecule has 0 aromatic heterocycles. The van der Waals surface area contributed by atoms with Crippen molar-refractivity contribution < 1.29 is 10.0 Å². The molecule has 106 valence electrons. The molecule has 0 aliphatic rings. The summed E-state index contributed by atoms with van der Waals surface area (Å²) in [4.78, 5) is 10.6. The van der Waals surface area contributed by atoms with Crippen molar-refractivity contribution in [3.63, 3.8) is 0 Å². The number of nitrogens with zero attached hydrogens (tertiary/aromatic N) is 1. The summed E-state index contributed by atoms with van der Waals surface area (Å²) in [6, 6.07) is 5.37. The molecule has 0 aliphatic carbocycles. The van der Waals surface area contributed by atoms with E-state index in [2.05, 4.69) is 10.6 Å². The van der Waals surface area contributed by atoms with Crippen molar-refractivity contribution in [2.24, 2.45) is 0 Å². The van der Waals surface area contributed by atoms with Crippen LogP contribution in [0.1, 0.15) is 25.3 Å². The van der Waals surface area contributed by atoms with Gasteiger partial charge < -0.3 is 15.7 Å². The van der Waals surface area contributed by atoms with Gasteiger partial charge in [0.15, 0.2) is 0 Å². The molecule has 0 fully saturated rings. The molecular weight excluding hydrogens is 246 g/mol. The smallest absolute Gasteiger partial charge is 0.292 e. The van der Waals surface area contributed by atoms with Gasteiger partial charge in [-0.3, -0.25) is 10.1 Å². The lowest BCUT2D eigenvalue weighted by atomic mass is 10.1. The quantitative estimate of drug-likeness (QED) is 0.494. The van der Waals surface area contributed by atoms with Crippen LogP contribution in [-0.4, -0.2) is 29.7 Å².